The van der Waals surface area contributed by atoms with Gasteiger partial charge in [0.15, 0.2) is 5.82 Å². The predicted octanol–water partition coefficient (Wildman–Crippen LogP) is 0.785. The predicted molar refractivity (Wildman–Crippen MR) is 47.7 cm³/mol. The molecule has 1 heterocycles. The van der Waals surface area contributed by atoms with Crippen LogP contribution in [0.4, 0.5) is 0 Å². The molecule has 0 fully saturated rings. The number of nitrogens with zero attached hydrogens (tertiary/aromatic N) is 2. The number of hydrogen-bond donors (Lipinski definition) is 2. The van der Waals surface area contributed by atoms with Crippen molar-refractivity contribution in [3.8, 4) is 0 Å². The van der Waals surface area contributed by atoms with Crippen molar-refractivity contribution in [2.75, 3.05) is 6.54 Å². The first kappa shape index (κ1) is 9.19. The highest BCUT2D eigenvalue weighted by molar-refractivity contribution is 4.87. The summed E-state index contributed by atoms with van der Waals surface area (Å²) in [6, 6.07) is 0. The molecule has 68 valence electrons. The van der Waals surface area contributed by atoms with Gasteiger partial charge in [0.05, 0.1) is 0 Å². The highest BCUT2D eigenvalue weighted by atomic mass is 15.2. The summed E-state index contributed by atoms with van der Waals surface area (Å²) >= 11 is 0. The zero-order valence-corrected chi connectivity index (χ0v) is 7.51. The van der Waals surface area contributed by atoms with Crippen LogP contribution in [-0.2, 0) is 6.42 Å². The van der Waals surface area contributed by atoms with E-state index in [4.69, 9.17) is 5.73 Å². The highest BCUT2D eigenvalue weighted by Gasteiger charge is 1.98. The molecule has 0 spiro atoms. The number of hydrogen-bond acceptors (Lipinski definition) is 3. The van der Waals surface area contributed by atoms with Gasteiger partial charge in [-0.1, -0.05) is 6.42 Å². The lowest BCUT2D eigenvalue weighted by molar-refractivity contribution is 0.670. The maximum atomic E-state index is 5.37. The minimum Gasteiger partial charge on any atom is -0.330 e. The van der Waals surface area contributed by atoms with Gasteiger partial charge in [0.1, 0.15) is 5.82 Å². The standard InChI is InChI=1S/C8H16N4/c1-7-10-8(12-11-7)5-3-2-4-6-9/h2-6,9H2,1H3,(H,10,11,12). The van der Waals surface area contributed by atoms with Crippen LogP contribution in [0.5, 0.6) is 0 Å². The van der Waals surface area contributed by atoms with Crippen LogP contribution in [0.3, 0.4) is 0 Å². The van der Waals surface area contributed by atoms with Gasteiger partial charge in [-0.3, -0.25) is 5.10 Å². The van der Waals surface area contributed by atoms with Gasteiger partial charge in [0.25, 0.3) is 0 Å². The summed E-state index contributed by atoms with van der Waals surface area (Å²) in [5.74, 6) is 1.81. The molecule has 0 atom stereocenters. The van der Waals surface area contributed by atoms with E-state index in [1.165, 1.54) is 6.42 Å². The van der Waals surface area contributed by atoms with E-state index in [-0.39, 0.29) is 0 Å². The third-order valence-corrected chi connectivity index (χ3v) is 1.75. The molecular formula is C8H16N4. The molecule has 4 heteroatoms. The number of aryl methyl sites for hydroxylation is 2. The molecule has 0 aliphatic heterocycles. The second kappa shape index (κ2) is 4.87. The van der Waals surface area contributed by atoms with Crippen LogP contribution < -0.4 is 5.73 Å². The molecule has 1 rings (SSSR count). The smallest absolute Gasteiger partial charge is 0.150 e. The third kappa shape index (κ3) is 3.00. The van der Waals surface area contributed by atoms with E-state index < -0.39 is 0 Å². The van der Waals surface area contributed by atoms with Crippen LogP contribution >= 0.6 is 0 Å². The van der Waals surface area contributed by atoms with Crippen molar-refractivity contribution < 1.29 is 0 Å². The fourth-order valence-electron chi connectivity index (χ4n) is 1.11. The number of nitrogens with one attached hydrogen (secondary N) is 1. The van der Waals surface area contributed by atoms with E-state index in [0.717, 1.165) is 37.5 Å². The topological polar surface area (TPSA) is 67.6 Å². The number of H-pyrrole nitrogens is 1. The Hall–Kier alpha value is -0.900. The number of unbranched alkanes of at least 4 members (excludes halogenated alkanes) is 2. The van der Waals surface area contributed by atoms with Crippen molar-refractivity contribution in [2.24, 2.45) is 5.73 Å². The Labute approximate surface area is 72.6 Å². The highest BCUT2D eigenvalue weighted by Crippen LogP contribution is 2.00. The van der Waals surface area contributed by atoms with Crippen molar-refractivity contribution in [1.29, 1.82) is 0 Å². The van der Waals surface area contributed by atoms with Crippen molar-refractivity contribution in [2.45, 2.75) is 32.6 Å². The Morgan fingerprint density at radius 1 is 1.33 bits per heavy atom. The second-order valence-electron chi connectivity index (χ2n) is 2.94. The van der Waals surface area contributed by atoms with Crippen LogP contribution in [0.1, 0.15) is 30.9 Å². The number of aromatic amines is 1. The van der Waals surface area contributed by atoms with Crippen LogP contribution in [0.2, 0.25) is 0 Å². The van der Waals surface area contributed by atoms with Gasteiger partial charge in [-0.25, -0.2) is 4.98 Å². The van der Waals surface area contributed by atoms with Crippen LogP contribution in [0.25, 0.3) is 0 Å². The first-order valence-electron chi connectivity index (χ1n) is 4.41. The van der Waals surface area contributed by atoms with Crippen molar-refractivity contribution in [1.82, 2.24) is 15.2 Å². The van der Waals surface area contributed by atoms with E-state index in [1.54, 1.807) is 0 Å². The summed E-state index contributed by atoms with van der Waals surface area (Å²) in [5.41, 5.74) is 5.37. The summed E-state index contributed by atoms with van der Waals surface area (Å²) in [5, 5.41) is 6.87. The van der Waals surface area contributed by atoms with Crippen LogP contribution in [-0.4, -0.2) is 21.7 Å². The zero-order valence-electron chi connectivity index (χ0n) is 7.51. The van der Waals surface area contributed by atoms with E-state index >= 15 is 0 Å². The summed E-state index contributed by atoms with van der Waals surface area (Å²) < 4.78 is 0. The molecule has 0 amide bonds. The number of nitrogens with two attached hydrogens (primary N) is 1. The van der Waals surface area contributed by atoms with Gasteiger partial charge >= 0.3 is 0 Å². The van der Waals surface area contributed by atoms with Crippen molar-refractivity contribution in [3.05, 3.63) is 11.6 Å². The molecule has 1 aromatic heterocycles. The SMILES string of the molecule is Cc1nc(CCCCCN)n[nH]1. The lowest BCUT2D eigenvalue weighted by Gasteiger charge is -1.94. The molecule has 0 unspecified atom stereocenters. The first-order chi connectivity index (χ1) is 5.83. The molecule has 4 nitrogen and oxygen atoms in total. The Bertz CT molecular complexity index is 219. The van der Waals surface area contributed by atoms with Gasteiger partial charge in [-0.15, -0.1) is 0 Å². The summed E-state index contributed by atoms with van der Waals surface area (Å²) in [4.78, 5) is 4.21. The van der Waals surface area contributed by atoms with Gasteiger partial charge in [0.2, 0.25) is 0 Å². The second-order valence-corrected chi connectivity index (χ2v) is 2.94. The van der Waals surface area contributed by atoms with E-state index in [9.17, 15) is 0 Å². The Morgan fingerprint density at radius 2 is 2.17 bits per heavy atom. The molecule has 0 saturated heterocycles. The first-order valence-corrected chi connectivity index (χ1v) is 4.41. The Balaban J connectivity index is 2.15. The fourth-order valence-corrected chi connectivity index (χ4v) is 1.11. The Kier molecular flexibility index (Phi) is 3.73. The maximum absolute atomic E-state index is 5.37. The molecule has 0 aliphatic carbocycles. The van der Waals surface area contributed by atoms with Crippen molar-refractivity contribution in [3.63, 3.8) is 0 Å². The molecule has 0 bridgehead atoms. The lowest BCUT2D eigenvalue weighted by atomic mass is 10.2. The maximum Gasteiger partial charge on any atom is 0.150 e. The van der Waals surface area contributed by atoms with Crippen molar-refractivity contribution >= 4 is 0 Å². The molecule has 0 aromatic carbocycles. The lowest BCUT2D eigenvalue weighted by Crippen LogP contribution is -1.98. The quantitative estimate of drug-likeness (QED) is 0.638. The van der Waals surface area contributed by atoms with E-state index in [0.29, 0.717) is 0 Å². The monoisotopic (exact) mass is 168 g/mol. The van der Waals surface area contributed by atoms with Gasteiger partial charge in [-0.2, -0.15) is 5.10 Å². The molecule has 12 heavy (non-hydrogen) atoms. The summed E-state index contributed by atoms with van der Waals surface area (Å²) in [7, 11) is 0. The number of aromatic nitrogens is 3. The third-order valence-electron chi connectivity index (χ3n) is 1.75. The fraction of sp³-hybridized carbons (Fsp3) is 0.750. The van der Waals surface area contributed by atoms with Gasteiger partial charge < -0.3 is 5.73 Å². The molecule has 0 radical (unpaired) electrons. The average Bonchev–Trinajstić information content (AvgIpc) is 2.45. The molecule has 1 aromatic rings. The summed E-state index contributed by atoms with van der Waals surface area (Å²) in [6.07, 6.45) is 4.37. The average molecular weight is 168 g/mol. The van der Waals surface area contributed by atoms with E-state index in [1.807, 2.05) is 6.92 Å². The largest absolute Gasteiger partial charge is 0.330 e. The van der Waals surface area contributed by atoms with Crippen LogP contribution in [0.15, 0.2) is 0 Å². The Morgan fingerprint density at radius 3 is 2.75 bits per heavy atom. The zero-order chi connectivity index (χ0) is 8.81. The number of rotatable bonds is 5. The molecule has 0 aliphatic rings. The minimum absolute atomic E-state index is 0.785. The minimum atomic E-state index is 0.785. The van der Waals surface area contributed by atoms with Crippen LogP contribution in [0, 0.1) is 6.92 Å². The summed E-state index contributed by atoms with van der Waals surface area (Å²) in [6.45, 7) is 2.70. The molecular weight excluding hydrogens is 152 g/mol. The van der Waals surface area contributed by atoms with Gasteiger partial charge in [0, 0.05) is 6.42 Å². The molecule has 0 saturated carbocycles. The molecule has 3 N–H and O–H groups in total. The van der Waals surface area contributed by atoms with Gasteiger partial charge in [-0.05, 0) is 26.3 Å². The normalized spacial score (nSPS) is 10.5. The van der Waals surface area contributed by atoms with E-state index in [2.05, 4.69) is 15.2 Å².